The molecule has 5 heteroatoms. The van der Waals surface area contributed by atoms with Gasteiger partial charge >= 0.3 is 0 Å². The first kappa shape index (κ1) is 13.1. The maximum Gasteiger partial charge on any atom is 0.246 e. The smallest absolute Gasteiger partial charge is 0.246 e. The lowest BCUT2D eigenvalue weighted by Crippen LogP contribution is -2.34. The highest BCUT2D eigenvalue weighted by Crippen LogP contribution is 2.41. The summed E-state index contributed by atoms with van der Waals surface area (Å²) in [6.45, 7) is 5.88. The number of hydrogen-bond donors (Lipinski definition) is 1. The van der Waals surface area contributed by atoms with Crippen LogP contribution in [0.25, 0.3) is 0 Å². The summed E-state index contributed by atoms with van der Waals surface area (Å²) < 4.78 is 11.5. The number of hydrogen-bond acceptors (Lipinski definition) is 5. The summed E-state index contributed by atoms with van der Waals surface area (Å²) in [7, 11) is 0. The molecule has 0 aromatic carbocycles. The monoisotopic (exact) mass is 265 g/mol. The zero-order chi connectivity index (χ0) is 13.3. The Morgan fingerprint density at radius 2 is 2.05 bits per heavy atom. The summed E-state index contributed by atoms with van der Waals surface area (Å²) >= 11 is 0. The molecule has 3 rings (SSSR count). The SMILES string of the molecule is CCOC1(c2noc(C3(C)CCCN3)n2)CCCC1. The average Bonchev–Trinajstić information content (AvgIpc) is 3.07. The van der Waals surface area contributed by atoms with Crippen LogP contribution in [0.5, 0.6) is 0 Å². The number of ether oxygens (including phenoxy) is 1. The van der Waals surface area contributed by atoms with Crippen molar-refractivity contribution < 1.29 is 9.26 Å². The van der Waals surface area contributed by atoms with Crippen LogP contribution in [0.15, 0.2) is 4.52 Å². The summed E-state index contributed by atoms with van der Waals surface area (Å²) in [4.78, 5) is 4.67. The van der Waals surface area contributed by atoms with Gasteiger partial charge in [0.05, 0.1) is 5.54 Å². The maximum atomic E-state index is 5.98. The van der Waals surface area contributed by atoms with Gasteiger partial charge < -0.3 is 14.6 Å². The van der Waals surface area contributed by atoms with Crippen molar-refractivity contribution in [3.05, 3.63) is 11.7 Å². The lowest BCUT2D eigenvalue weighted by Gasteiger charge is -2.25. The van der Waals surface area contributed by atoms with E-state index in [0.29, 0.717) is 12.5 Å². The van der Waals surface area contributed by atoms with Crippen molar-refractivity contribution in [3.63, 3.8) is 0 Å². The third-order valence-electron chi connectivity index (χ3n) is 4.51. The molecule has 1 aliphatic heterocycles. The zero-order valence-electron chi connectivity index (χ0n) is 11.9. The molecule has 1 aromatic rings. The molecular formula is C14H23N3O2. The lowest BCUT2D eigenvalue weighted by molar-refractivity contribution is -0.0469. The summed E-state index contributed by atoms with van der Waals surface area (Å²) in [5, 5.41) is 7.69. The molecule has 2 heterocycles. The minimum Gasteiger partial charge on any atom is -0.367 e. The molecule has 2 aliphatic rings. The highest BCUT2D eigenvalue weighted by molar-refractivity contribution is 5.10. The van der Waals surface area contributed by atoms with E-state index in [-0.39, 0.29) is 11.1 Å². The summed E-state index contributed by atoms with van der Waals surface area (Å²) in [6, 6.07) is 0. The molecule has 1 saturated carbocycles. The molecule has 19 heavy (non-hydrogen) atoms. The topological polar surface area (TPSA) is 60.2 Å². The van der Waals surface area contributed by atoms with Crippen LogP contribution >= 0.6 is 0 Å². The van der Waals surface area contributed by atoms with E-state index in [1.165, 1.54) is 12.8 Å². The Kier molecular flexibility index (Phi) is 3.35. The van der Waals surface area contributed by atoms with E-state index in [0.717, 1.165) is 38.1 Å². The Balaban J connectivity index is 1.87. The Morgan fingerprint density at radius 3 is 2.68 bits per heavy atom. The van der Waals surface area contributed by atoms with Gasteiger partial charge in [-0.15, -0.1) is 0 Å². The van der Waals surface area contributed by atoms with Crippen molar-refractivity contribution in [2.45, 2.75) is 63.5 Å². The normalized spacial score (nSPS) is 30.0. The van der Waals surface area contributed by atoms with Crippen LogP contribution < -0.4 is 5.32 Å². The molecule has 5 nitrogen and oxygen atoms in total. The van der Waals surface area contributed by atoms with E-state index >= 15 is 0 Å². The summed E-state index contributed by atoms with van der Waals surface area (Å²) in [5.41, 5.74) is -0.456. The van der Waals surface area contributed by atoms with E-state index in [1.807, 2.05) is 6.92 Å². The van der Waals surface area contributed by atoms with E-state index in [9.17, 15) is 0 Å². The molecule has 1 N–H and O–H groups in total. The van der Waals surface area contributed by atoms with Crippen LogP contribution in [0.4, 0.5) is 0 Å². The summed E-state index contributed by atoms with van der Waals surface area (Å²) in [6.07, 6.45) is 6.58. The van der Waals surface area contributed by atoms with Crippen LogP contribution in [-0.2, 0) is 15.9 Å². The Labute approximate surface area is 114 Å². The van der Waals surface area contributed by atoms with Gasteiger partial charge in [0.25, 0.3) is 0 Å². The first-order valence-electron chi connectivity index (χ1n) is 7.42. The third-order valence-corrected chi connectivity index (χ3v) is 4.51. The van der Waals surface area contributed by atoms with Gasteiger partial charge in [-0.05, 0) is 58.9 Å². The van der Waals surface area contributed by atoms with Gasteiger partial charge in [0.2, 0.25) is 11.7 Å². The molecule has 1 aromatic heterocycles. The standard InChI is InChI=1S/C14H23N3O2/c1-3-18-14(8-4-5-9-14)11-16-12(19-17-11)13(2)7-6-10-15-13/h15H,3-10H2,1-2H3. The van der Waals surface area contributed by atoms with Gasteiger partial charge in [0, 0.05) is 6.61 Å². The molecule has 2 fully saturated rings. The van der Waals surface area contributed by atoms with Crippen molar-refractivity contribution in [3.8, 4) is 0 Å². The average molecular weight is 265 g/mol. The second-order valence-corrected chi connectivity index (χ2v) is 5.92. The maximum absolute atomic E-state index is 5.98. The number of nitrogens with one attached hydrogen (secondary N) is 1. The molecule has 0 amide bonds. The van der Waals surface area contributed by atoms with Crippen LogP contribution in [0.2, 0.25) is 0 Å². The van der Waals surface area contributed by atoms with E-state index in [4.69, 9.17) is 9.26 Å². The fraction of sp³-hybridized carbons (Fsp3) is 0.857. The van der Waals surface area contributed by atoms with E-state index < -0.39 is 0 Å². The molecule has 1 atom stereocenters. The second kappa shape index (κ2) is 4.87. The quantitative estimate of drug-likeness (QED) is 0.906. The van der Waals surface area contributed by atoms with Crippen molar-refractivity contribution >= 4 is 0 Å². The Bertz CT molecular complexity index is 432. The first-order valence-corrected chi connectivity index (χ1v) is 7.42. The predicted octanol–water partition coefficient (Wildman–Crippen LogP) is 2.47. The van der Waals surface area contributed by atoms with Gasteiger partial charge in [-0.2, -0.15) is 4.98 Å². The van der Waals surface area contributed by atoms with E-state index in [1.54, 1.807) is 0 Å². The number of rotatable bonds is 4. The fourth-order valence-corrected chi connectivity index (χ4v) is 3.36. The molecule has 0 bridgehead atoms. The minimum atomic E-state index is -0.300. The van der Waals surface area contributed by atoms with Crippen molar-refractivity contribution in [1.29, 1.82) is 0 Å². The van der Waals surface area contributed by atoms with Crippen molar-refractivity contribution in [2.75, 3.05) is 13.2 Å². The van der Waals surface area contributed by atoms with Gasteiger partial charge in [-0.1, -0.05) is 5.16 Å². The second-order valence-electron chi connectivity index (χ2n) is 5.92. The predicted molar refractivity (Wildman–Crippen MR) is 70.7 cm³/mol. The lowest BCUT2D eigenvalue weighted by atomic mass is 9.99. The molecule has 0 radical (unpaired) electrons. The van der Waals surface area contributed by atoms with Crippen LogP contribution in [-0.4, -0.2) is 23.3 Å². The minimum absolute atomic E-state index is 0.155. The number of aromatic nitrogens is 2. The van der Waals surface area contributed by atoms with Gasteiger partial charge in [0.15, 0.2) is 0 Å². The molecule has 1 saturated heterocycles. The molecular weight excluding hydrogens is 242 g/mol. The Hall–Kier alpha value is -0.940. The summed E-state index contributed by atoms with van der Waals surface area (Å²) in [5.74, 6) is 1.46. The number of nitrogens with zero attached hydrogens (tertiary/aromatic N) is 2. The molecule has 0 spiro atoms. The molecule has 1 aliphatic carbocycles. The third kappa shape index (κ3) is 2.19. The zero-order valence-corrected chi connectivity index (χ0v) is 11.9. The highest BCUT2D eigenvalue weighted by atomic mass is 16.5. The van der Waals surface area contributed by atoms with Gasteiger partial charge in [0.1, 0.15) is 5.60 Å². The Morgan fingerprint density at radius 1 is 1.26 bits per heavy atom. The van der Waals surface area contributed by atoms with Gasteiger partial charge in [-0.25, -0.2) is 0 Å². The van der Waals surface area contributed by atoms with E-state index in [2.05, 4.69) is 22.4 Å². The molecule has 1 unspecified atom stereocenters. The first-order chi connectivity index (χ1) is 9.19. The largest absolute Gasteiger partial charge is 0.367 e. The highest BCUT2D eigenvalue weighted by Gasteiger charge is 2.43. The van der Waals surface area contributed by atoms with Crippen LogP contribution in [0.3, 0.4) is 0 Å². The molecule has 106 valence electrons. The van der Waals surface area contributed by atoms with Crippen molar-refractivity contribution in [1.82, 2.24) is 15.5 Å². The van der Waals surface area contributed by atoms with Gasteiger partial charge in [-0.3, -0.25) is 0 Å². The van der Waals surface area contributed by atoms with Crippen LogP contribution in [0, 0.1) is 0 Å². The van der Waals surface area contributed by atoms with Crippen molar-refractivity contribution in [2.24, 2.45) is 0 Å². The van der Waals surface area contributed by atoms with Crippen LogP contribution in [0.1, 0.15) is 64.1 Å². The fourth-order valence-electron chi connectivity index (χ4n) is 3.36.